The first kappa shape index (κ1) is 31.6. The highest BCUT2D eigenvalue weighted by atomic mass is 16.3. The topological polar surface area (TPSA) is 16.4 Å². The zero-order chi connectivity index (χ0) is 36.7. The summed E-state index contributed by atoms with van der Waals surface area (Å²) >= 11 is 0. The minimum atomic E-state index is -0.0471. The minimum absolute atomic E-state index is 0.0471. The number of fused-ring (bicyclic) bond motifs is 8. The molecule has 0 saturated heterocycles. The fourth-order valence-electron chi connectivity index (χ4n) is 8.92. The first-order valence-electron chi connectivity index (χ1n) is 19.1. The van der Waals surface area contributed by atoms with Crippen molar-refractivity contribution in [1.29, 1.82) is 0 Å². The first-order chi connectivity index (χ1) is 27.0. The molecule has 11 rings (SSSR count). The van der Waals surface area contributed by atoms with Gasteiger partial charge in [0.25, 0.3) is 0 Å². The lowest BCUT2D eigenvalue weighted by atomic mass is 9.82. The molecule has 0 unspecified atom stereocenters. The van der Waals surface area contributed by atoms with Gasteiger partial charge in [0.2, 0.25) is 0 Å². The Kier molecular flexibility index (Phi) is 6.93. The Labute approximate surface area is 320 Å². The maximum Gasteiger partial charge on any atom is 0.136 e. The Morgan fingerprint density at radius 3 is 1.69 bits per heavy atom. The molecule has 1 aliphatic carbocycles. The van der Waals surface area contributed by atoms with Crippen LogP contribution in [0.4, 0.5) is 17.1 Å². The molecule has 9 aromatic carbocycles. The van der Waals surface area contributed by atoms with E-state index >= 15 is 0 Å². The van der Waals surface area contributed by atoms with Crippen molar-refractivity contribution in [2.75, 3.05) is 4.90 Å². The third-order valence-corrected chi connectivity index (χ3v) is 11.8. The predicted octanol–water partition coefficient (Wildman–Crippen LogP) is 15.0. The normalized spacial score (nSPS) is 13.1. The van der Waals surface area contributed by atoms with Gasteiger partial charge in [-0.05, 0) is 133 Å². The minimum Gasteiger partial charge on any atom is -0.456 e. The van der Waals surface area contributed by atoms with E-state index in [4.69, 9.17) is 4.42 Å². The molecule has 0 N–H and O–H groups in total. The van der Waals surface area contributed by atoms with Gasteiger partial charge < -0.3 is 9.32 Å². The molecule has 0 spiro atoms. The lowest BCUT2D eigenvalue weighted by molar-refractivity contribution is 0.660. The molecule has 0 fully saturated rings. The molecule has 1 aromatic heterocycles. The van der Waals surface area contributed by atoms with Gasteiger partial charge in [0, 0.05) is 33.2 Å². The second-order valence-electron chi connectivity index (χ2n) is 15.4. The van der Waals surface area contributed by atoms with Crippen LogP contribution in [0, 0.1) is 0 Å². The highest BCUT2D eigenvalue weighted by Gasteiger charge is 2.35. The van der Waals surface area contributed by atoms with Crippen molar-refractivity contribution in [3.63, 3.8) is 0 Å². The van der Waals surface area contributed by atoms with Gasteiger partial charge in [-0.1, -0.05) is 135 Å². The third kappa shape index (κ3) is 5.10. The largest absolute Gasteiger partial charge is 0.456 e. The van der Waals surface area contributed by atoms with Gasteiger partial charge in [-0.25, -0.2) is 0 Å². The average Bonchev–Trinajstić information content (AvgIpc) is 3.71. The molecule has 10 aromatic rings. The summed E-state index contributed by atoms with van der Waals surface area (Å²) in [6.45, 7) is 4.68. The van der Waals surface area contributed by atoms with Gasteiger partial charge in [0.15, 0.2) is 0 Å². The second kappa shape index (κ2) is 12.1. The quantitative estimate of drug-likeness (QED) is 0.177. The molecule has 0 amide bonds. The van der Waals surface area contributed by atoms with Crippen molar-refractivity contribution in [3.05, 3.63) is 199 Å². The van der Waals surface area contributed by atoms with Crippen LogP contribution in [0.5, 0.6) is 0 Å². The monoisotopic (exact) mass is 703 g/mol. The summed E-state index contributed by atoms with van der Waals surface area (Å²) < 4.78 is 6.23. The van der Waals surface area contributed by atoms with E-state index in [1.807, 2.05) is 12.1 Å². The van der Waals surface area contributed by atoms with Gasteiger partial charge in [-0.3, -0.25) is 0 Å². The van der Waals surface area contributed by atoms with E-state index in [1.54, 1.807) is 0 Å². The Balaban J connectivity index is 0.995. The Hall–Kier alpha value is -6.90. The maximum atomic E-state index is 6.23. The molecule has 55 heavy (non-hydrogen) atoms. The fourth-order valence-corrected chi connectivity index (χ4v) is 8.92. The molecule has 1 aliphatic rings. The number of hydrogen-bond acceptors (Lipinski definition) is 2. The van der Waals surface area contributed by atoms with E-state index in [1.165, 1.54) is 66.1 Å². The molecule has 1 heterocycles. The van der Waals surface area contributed by atoms with Crippen LogP contribution >= 0.6 is 0 Å². The fraction of sp³-hybridized carbons (Fsp3) is 0.0566. The maximum absolute atomic E-state index is 6.23. The summed E-state index contributed by atoms with van der Waals surface area (Å²) in [6.07, 6.45) is 0. The van der Waals surface area contributed by atoms with Crippen molar-refractivity contribution < 1.29 is 4.42 Å². The number of hydrogen-bond donors (Lipinski definition) is 0. The molecule has 0 saturated carbocycles. The highest BCUT2D eigenvalue weighted by molar-refractivity contribution is 6.10. The number of rotatable bonds is 5. The predicted molar refractivity (Wildman–Crippen MR) is 232 cm³/mol. The molecule has 2 heteroatoms. The van der Waals surface area contributed by atoms with Crippen LogP contribution in [0.3, 0.4) is 0 Å². The summed E-state index contributed by atoms with van der Waals surface area (Å²) in [5, 5.41) is 7.20. The van der Waals surface area contributed by atoms with E-state index in [0.717, 1.165) is 39.0 Å². The molecule has 2 nitrogen and oxygen atoms in total. The average molecular weight is 704 g/mol. The SMILES string of the molecule is CC1(C)c2ccccc2-c2cc(N(c3ccc(-c4ccc5ccccc5c4)cc3)c3ccc(-c4ccc5cc6c(cc5c4)oc4ccccc46)cc3)ccc21. The Morgan fingerprint density at radius 2 is 0.927 bits per heavy atom. The summed E-state index contributed by atoms with van der Waals surface area (Å²) in [5.41, 5.74) is 15.3. The summed E-state index contributed by atoms with van der Waals surface area (Å²) in [5.74, 6) is 0. The van der Waals surface area contributed by atoms with E-state index in [9.17, 15) is 0 Å². The van der Waals surface area contributed by atoms with Crippen molar-refractivity contribution >= 4 is 60.5 Å². The summed E-state index contributed by atoms with van der Waals surface area (Å²) in [6, 6.07) is 68.6. The summed E-state index contributed by atoms with van der Waals surface area (Å²) in [7, 11) is 0. The van der Waals surface area contributed by atoms with E-state index in [2.05, 4.69) is 195 Å². The van der Waals surface area contributed by atoms with Crippen LogP contribution < -0.4 is 4.90 Å². The number of para-hydroxylation sites is 1. The molecule has 0 radical (unpaired) electrons. The van der Waals surface area contributed by atoms with Crippen molar-refractivity contribution in [2.24, 2.45) is 0 Å². The lowest BCUT2D eigenvalue weighted by Crippen LogP contribution is -2.15. The first-order valence-corrected chi connectivity index (χ1v) is 19.1. The summed E-state index contributed by atoms with van der Waals surface area (Å²) in [4.78, 5) is 2.39. The van der Waals surface area contributed by atoms with Crippen LogP contribution in [0.25, 0.3) is 76.9 Å². The van der Waals surface area contributed by atoms with Crippen molar-refractivity contribution in [3.8, 4) is 33.4 Å². The zero-order valence-corrected chi connectivity index (χ0v) is 30.8. The molecule has 0 bridgehead atoms. The van der Waals surface area contributed by atoms with Gasteiger partial charge in [-0.15, -0.1) is 0 Å². The Morgan fingerprint density at radius 1 is 0.364 bits per heavy atom. The van der Waals surface area contributed by atoms with Gasteiger partial charge in [-0.2, -0.15) is 0 Å². The second-order valence-corrected chi connectivity index (χ2v) is 15.4. The molecule has 260 valence electrons. The highest BCUT2D eigenvalue weighted by Crippen LogP contribution is 2.50. The number of nitrogens with zero attached hydrogens (tertiary/aromatic N) is 1. The Bertz CT molecular complexity index is 3110. The number of furan rings is 1. The molecular formula is C53H37NO. The smallest absolute Gasteiger partial charge is 0.136 e. The lowest BCUT2D eigenvalue weighted by Gasteiger charge is -2.27. The van der Waals surface area contributed by atoms with Crippen LogP contribution in [-0.2, 0) is 5.41 Å². The van der Waals surface area contributed by atoms with Gasteiger partial charge in [0.05, 0.1) is 0 Å². The van der Waals surface area contributed by atoms with Gasteiger partial charge in [0.1, 0.15) is 11.2 Å². The van der Waals surface area contributed by atoms with Gasteiger partial charge >= 0.3 is 0 Å². The molecule has 0 atom stereocenters. The van der Waals surface area contributed by atoms with E-state index in [0.29, 0.717) is 0 Å². The van der Waals surface area contributed by atoms with Crippen LogP contribution in [0.2, 0.25) is 0 Å². The zero-order valence-electron chi connectivity index (χ0n) is 30.8. The standard InChI is InChI=1S/C53H37NO/c1-53(2)49-13-7-5-11-45(49)47-33-44(27-28-50(47)53)54(42-23-19-35(20-24-42)38-16-15-34-9-3-4-10-37(34)29-38)43-25-21-36(22-26-43)39-17-18-40-31-48-46-12-6-8-14-51(46)55-52(48)32-41(40)30-39/h3-33H,1-2H3. The van der Waals surface area contributed by atoms with Crippen molar-refractivity contribution in [1.82, 2.24) is 0 Å². The van der Waals surface area contributed by atoms with Crippen molar-refractivity contribution in [2.45, 2.75) is 19.3 Å². The molecular weight excluding hydrogens is 667 g/mol. The van der Waals surface area contributed by atoms with Crippen LogP contribution in [0.1, 0.15) is 25.0 Å². The van der Waals surface area contributed by atoms with Crippen LogP contribution in [0.15, 0.2) is 192 Å². The molecule has 0 aliphatic heterocycles. The van der Waals surface area contributed by atoms with E-state index < -0.39 is 0 Å². The van der Waals surface area contributed by atoms with E-state index in [-0.39, 0.29) is 5.41 Å². The van der Waals surface area contributed by atoms with Crippen LogP contribution in [-0.4, -0.2) is 0 Å². The number of benzene rings is 9. The third-order valence-electron chi connectivity index (χ3n) is 11.8. The number of anilines is 3.